The van der Waals surface area contributed by atoms with Crippen LogP contribution in [-0.4, -0.2) is 268 Å². The Labute approximate surface area is 711 Å². The third kappa shape index (κ3) is 25.7. The Bertz CT molecular complexity index is 5170. The summed E-state index contributed by atoms with van der Waals surface area (Å²) in [5.41, 5.74) is 5.22. The van der Waals surface area contributed by atoms with Crippen molar-refractivity contribution in [2.75, 3.05) is 178 Å². The molecular weight excluding hydrogens is 1620 g/mol. The van der Waals surface area contributed by atoms with Gasteiger partial charge in [-0.3, -0.25) is 48.1 Å². The number of carbonyl (C=O) groups is 10. The quantitative estimate of drug-likeness (QED) is 0.0239. The summed E-state index contributed by atoms with van der Waals surface area (Å²) in [6.07, 6.45) is 10.4. The van der Waals surface area contributed by atoms with Crippen molar-refractivity contribution in [3.63, 3.8) is 0 Å². The average Bonchev–Trinajstić information content (AvgIpc) is 1.45. The van der Waals surface area contributed by atoms with Crippen molar-refractivity contribution in [3.05, 3.63) is 143 Å². The minimum atomic E-state index is -1.07. The molecule has 0 unspecified atom stereocenters. The van der Waals surface area contributed by atoms with Gasteiger partial charge in [0.2, 0.25) is 35.3 Å². The van der Waals surface area contributed by atoms with Gasteiger partial charge in [0, 0.05) is 161 Å². The number of hydrogen-bond donors (Lipinski definition) is 9. The number of aromatic nitrogens is 11. The Morgan fingerprint density at radius 2 is 1.02 bits per heavy atom. The van der Waals surface area contributed by atoms with Gasteiger partial charge in [-0.1, -0.05) is 11.2 Å². The zero-order valence-electron chi connectivity index (χ0n) is 70.1. The Morgan fingerprint density at radius 3 is 1.53 bits per heavy atom. The van der Waals surface area contributed by atoms with E-state index < -0.39 is 65.1 Å². The second-order valence-corrected chi connectivity index (χ2v) is 29.0. The van der Waals surface area contributed by atoms with E-state index in [0.29, 0.717) is 141 Å². The van der Waals surface area contributed by atoms with Gasteiger partial charge in [-0.05, 0) is 75.1 Å². The van der Waals surface area contributed by atoms with Crippen LogP contribution in [0.15, 0.2) is 90.2 Å². The average molecular weight is 1730 g/mol. The van der Waals surface area contributed by atoms with E-state index >= 15 is 0 Å². The van der Waals surface area contributed by atoms with Crippen LogP contribution in [0.1, 0.15) is 121 Å². The second kappa shape index (κ2) is 45.5. The lowest BCUT2D eigenvalue weighted by Crippen LogP contribution is -2.49. The Hall–Kier alpha value is -12.7. The molecule has 2 saturated heterocycles. The minimum absolute atomic E-state index is 0.00942. The van der Waals surface area contributed by atoms with Crippen LogP contribution in [-0.2, 0) is 92.3 Å². The molecule has 7 aromatic heterocycles. The molecular formula is C81H104F2N22O19. The summed E-state index contributed by atoms with van der Waals surface area (Å²) in [5, 5.41) is 28.3. The molecule has 2 aromatic carbocycles. The maximum Gasteiger partial charge on any atom is 0.322 e. The zero-order chi connectivity index (χ0) is 88.2. The van der Waals surface area contributed by atoms with Crippen LogP contribution in [0.4, 0.5) is 42.3 Å². The molecule has 43 heteroatoms. The van der Waals surface area contributed by atoms with Gasteiger partial charge in [-0.25, -0.2) is 33.5 Å². The van der Waals surface area contributed by atoms with Gasteiger partial charge in [0.05, 0.1) is 133 Å². The number of urea groups is 1. The third-order valence-electron chi connectivity index (χ3n) is 19.9. The molecule has 11 rings (SSSR count). The number of benzene rings is 2. The van der Waals surface area contributed by atoms with Crippen LogP contribution >= 0.6 is 0 Å². The highest BCUT2D eigenvalue weighted by Crippen LogP contribution is 2.40. The van der Waals surface area contributed by atoms with Gasteiger partial charge in [0.15, 0.2) is 29.1 Å². The van der Waals surface area contributed by atoms with Crippen molar-refractivity contribution in [1.29, 1.82) is 0 Å². The van der Waals surface area contributed by atoms with E-state index in [4.69, 9.17) is 47.4 Å². The van der Waals surface area contributed by atoms with Gasteiger partial charge in [-0.15, -0.1) is 0 Å². The van der Waals surface area contributed by atoms with Crippen LogP contribution in [0.25, 0.3) is 22.2 Å². The fourth-order valence-corrected chi connectivity index (χ4v) is 13.8. The zero-order valence-corrected chi connectivity index (χ0v) is 70.1. The van der Waals surface area contributed by atoms with E-state index in [9.17, 15) is 56.7 Å². The molecule has 2 aliphatic rings. The number of amides is 11. The van der Waals surface area contributed by atoms with Crippen molar-refractivity contribution in [2.24, 2.45) is 35.2 Å². The summed E-state index contributed by atoms with van der Waals surface area (Å²) < 4.78 is 88.4. The largest absolute Gasteiger partial charge is 0.377 e. The molecule has 2 fully saturated rings. The first kappa shape index (κ1) is 92.1. The summed E-state index contributed by atoms with van der Waals surface area (Å²) in [5.74, 6) is -4.68. The topological polar surface area (TPSA) is 466 Å². The maximum atomic E-state index is 14.6. The Morgan fingerprint density at radius 1 is 0.508 bits per heavy atom. The number of hydrogen-bond acceptors (Lipinski definition) is 24. The highest BCUT2D eigenvalue weighted by Gasteiger charge is 2.38. The molecule has 666 valence electrons. The number of carbonyl (C=O) groups excluding carboxylic acids is 10. The van der Waals surface area contributed by atoms with E-state index in [2.05, 4.69) is 72.5 Å². The lowest BCUT2D eigenvalue weighted by molar-refractivity contribution is -0.138. The van der Waals surface area contributed by atoms with Crippen LogP contribution in [0, 0.1) is 25.5 Å². The molecule has 0 saturated carbocycles. The molecule has 0 radical (unpaired) electrons. The Balaban J connectivity index is 0.449. The van der Waals surface area contributed by atoms with Crippen molar-refractivity contribution in [3.8, 4) is 11.1 Å². The van der Waals surface area contributed by atoms with Crippen LogP contribution < -0.4 is 52.8 Å². The van der Waals surface area contributed by atoms with Crippen LogP contribution in [0.3, 0.4) is 0 Å². The number of anilines is 5. The predicted molar refractivity (Wildman–Crippen MR) is 443 cm³/mol. The number of halogens is 2. The van der Waals surface area contributed by atoms with E-state index in [-0.39, 0.29) is 142 Å². The molecule has 2 aliphatic heterocycles. The monoisotopic (exact) mass is 1730 g/mol. The predicted octanol–water partition coefficient (Wildman–Crippen LogP) is 4.38. The van der Waals surface area contributed by atoms with E-state index in [0.717, 1.165) is 34.5 Å². The van der Waals surface area contributed by atoms with E-state index in [1.807, 2.05) is 32.0 Å². The van der Waals surface area contributed by atoms with Crippen molar-refractivity contribution < 1.29 is 99.1 Å². The number of nitrogens with zero attached hydrogens (tertiary/aromatic N) is 13. The van der Waals surface area contributed by atoms with Gasteiger partial charge >= 0.3 is 6.03 Å². The molecule has 9 heterocycles. The fraction of sp³-hybridized carbons (Fsp3) is 0.469. The van der Waals surface area contributed by atoms with E-state index in [1.165, 1.54) is 66.2 Å². The van der Waals surface area contributed by atoms with Gasteiger partial charge in [-0.2, -0.15) is 0 Å². The van der Waals surface area contributed by atoms with Crippen molar-refractivity contribution in [2.45, 2.75) is 64.5 Å². The van der Waals surface area contributed by atoms with Gasteiger partial charge in [0.1, 0.15) is 29.6 Å². The summed E-state index contributed by atoms with van der Waals surface area (Å²) in [6, 6.07) is 11.1. The summed E-state index contributed by atoms with van der Waals surface area (Å²) in [4.78, 5) is 151. The first-order valence-corrected chi connectivity index (χ1v) is 40.4. The third-order valence-corrected chi connectivity index (χ3v) is 19.9. The molecule has 11 amide bonds. The standard InChI is InChI=1S/C81H104F2N22O19/c1-51-71(52(2)124-97-51)53-8-11-61-60(42-53)92-72(62-12-18-89-81(115)105(62)57-9-10-58(82)59(83)45-57)104(61)56-16-24-103(25-17-56)70(109)50-123-41-40-122-39-38-121-37-36-120-35-34-119-33-32-118-31-30-117-29-28-116-27-23-84-67(106)13-19-88-78(112)74-95-65(48-101(74)6)93-68(107)14-20-87-77(111)64-44-55(47-100(64)5)91-80(114)75-96-66(49-102(75)7)94-69(108)15-21-86-76(110)63-43-54(46-99(63)4)90-79(113)73-85-22-26-98(73)3/h8-11,22,26,42-49,56,62H,12-21,23-25,27-41,50H2,1-7H3,(H,84,106)(H,86,110)(H,87,111)(H,88,112)(H,89,115)(H,90,113)(H,91,114)(H,93,107)(H,94,108)/t62-/m0/s1. The van der Waals surface area contributed by atoms with Crippen LogP contribution in [0.5, 0.6) is 0 Å². The van der Waals surface area contributed by atoms with Crippen LogP contribution in [0.2, 0.25) is 0 Å². The summed E-state index contributed by atoms with van der Waals surface area (Å²) >= 11 is 0. The Kier molecular flexibility index (Phi) is 33.8. The van der Waals surface area contributed by atoms with E-state index in [1.54, 1.807) is 57.1 Å². The molecule has 0 spiro atoms. The first-order valence-electron chi connectivity index (χ1n) is 40.4. The minimum Gasteiger partial charge on any atom is -0.377 e. The lowest BCUT2D eigenvalue weighted by atomic mass is 10.0. The van der Waals surface area contributed by atoms with Gasteiger partial charge < -0.3 is 123 Å². The number of rotatable bonds is 48. The molecule has 9 aromatic rings. The van der Waals surface area contributed by atoms with Gasteiger partial charge in [0.25, 0.3) is 29.5 Å². The SMILES string of the molecule is Cc1noc(C)c1-c1ccc2c(c1)nc([C@@H]1CCNC(=O)N1c1ccc(F)c(F)c1)n2C1CCN(C(=O)COCCOCCOCCOCCOCCOCCOCCOCCNC(=O)CCNC(=O)c2nc(NC(=O)CCNC(=O)c3cc(NC(=O)c4nc(NC(=O)CCNC(=O)c5cc(NC(=O)c6nccn6C)cn5C)cn4C)cn3C)cn2C)CC1. The summed E-state index contributed by atoms with van der Waals surface area (Å²) in [6.45, 7) is 10.0. The number of fused-ring (bicyclic) bond motifs is 1. The second-order valence-electron chi connectivity index (χ2n) is 29.0. The molecule has 41 nitrogen and oxygen atoms in total. The maximum absolute atomic E-state index is 14.6. The molecule has 0 bridgehead atoms. The number of likely N-dealkylation sites (tertiary alicyclic amines) is 1. The fourth-order valence-electron chi connectivity index (χ4n) is 13.8. The van der Waals surface area contributed by atoms with Crippen molar-refractivity contribution >= 4 is 98.9 Å². The highest BCUT2D eigenvalue weighted by atomic mass is 19.2. The normalized spacial score (nSPS) is 13.6. The number of imidazole rings is 4. The highest BCUT2D eigenvalue weighted by molar-refractivity contribution is 6.05. The van der Waals surface area contributed by atoms with Crippen molar-refractivity contribution in [1.82, 2.24) is 84.0 Å². The number of aryl methyl sites for hydroxylation is 7. The summed E-state index contributed by atoms with van der Waals surface area (Å²) in [7, 11) is 8.02. The number of piperidine rings is 1. The molecule has 1 atom stereocenters. The molecule has 9 N–H and O–H groups in total. The number of ether oxygens (including phenoxy) is 8. The number of nitrogens with one attached hydrogen (secondary N) is 9. The smallest absolute Gasteiger partial charge is 0.322 e. The molecule has 124 heavy (non-hydrogen) atoms. The molecule has 0 aliphatic carbocycles. The lowest BCUT2D eigenvalue weighted by Gasteiger charge is -2.38. The first-order chi connectivity index (χ1) is 59.9.